The van der Waals surface area contributed by atoms with Crippen LogP contribution in [0.5, 0.6) is 0 Å². The van der Waals surface area contributed by atoms with Gasteiger partial charge >= 0.3 is 0 Å². The Morgan fingerprint density at radius 2 is 1.88 bits per heavy atom. The van der Waals surface area contributed by atoms with Gasteiger partial charge in [-0.3, -0.25) is 5.10 Å². The minimum atomic E-state index is 0.643. The molecule has 0 saturated heterocycles. The van der Waals surface area contributed by atoms with Crippen LogP contribution >= 0.6 is 11.6 Å². The molecule has 3 aromatic heterocycles. The number of nitrogens with zero attached hydrogens (tertiary/aromatic N) is 4. The largest absolute Gasteiger partial charge is 0.361 e. The fraction of sp³-hybridized carbons (Fsp3) is 0.115. The highest BCUT2D eigenvalue weighted by molar-refractivity contribution is 6.31. The summed E-state index contributed by atoms with van der Waals surface area (Å²) in [5.74, 6) is 1.37. The molecule has 0 bridgehead atoms. The lowest BCUT2D eigenvalue weighted by Gasteiger charge is -2.19. The topological polar surface area (TPSA) is 85.5 Å². The lowest BCUT2D eigenvalue weighted by Crippen LogP contribution is -2.23. The Morgan fingerprint density at radius 1 is 0.971 bits per heavy atom. The van der Waals surface area contributed by atoms with Crippen molar-refractivity contribution in [1.82, 2.24) is 25.1 Å². The van der Waals surface area contributed by atoms with E-state index in [0.29, 0.717) is 16.8 Å². The summed E-state index contributed by atoms with van der Waals surface area (Å²) in [5, 5.41) is 14.3. The van der Waals surface area contributed by atoms with E-state index in [2.05, 4.69) is 49.8 Å². The first-order chi connectivity index (χ1) is 16.6. The van der Waals surface area contributed by atoms with Crippen LogP contribution in [0.2, 0.25) is 5.02 Å². The van der Waals surface area contributed by atoms with Gasteiger partial charge in [-0.15, -0.1) is 0 Å². The number of halogens is 1. The number of likely N-dealkylation sites (N-methyl/N-ethyl adjacent to an activating group) is 1. The lowest BCUT2D eigenvalue weighted by molar-refractivity contribution is 0.846. The van der Waals surface area contributed by atoms with Crippen LogP contribution in [0.15, 0.2) is 73.1 Å². The second-order valence-electron chi connectivity index (χ2n) is 8.36. The maximum atomic E-state index is 6.30. The lowest BCUT2D eigenvalue weighted by atomic mass is 10.1. The molecule has 6 rings (SSSR count). The van der Waals surface area contributed by atoms with Crippen molar-refractivity contribution in [3.05, 3.63) is 83.6 Å². The Hall–Kier alpha value is -4.10. The number of H-pyrrole nitrogens is 2. The van der Waals surface area contributed by atoms with E-state index in [1.54, 1.807) is 6.20 Å². The molecule has 0 unspecified atom stereocenters. The van der Waals surface area contributed by atoms with Gasteiger partial charge in [-0.25, -0.2) is 4.98 Å². The summed E-state index contributed by atoms with van der Waals surface area (Å²) < 4.78 is 0. The van der Waals surface area contributed by atoms with Gasteiger partial charge in [0.1, 0.15) is 5.82 Å². The quantitative estimate of drug-likeness (QED) is 0.277. The summed E-state index contributed by atoms with van der Waals surface area (Å²) in [4.78, 5) is 15.1. The van der Waals surface area contributed by atoms with Crippen molar-refractivity contribution in [2.24, 2.45) is 0 Å². The first kappa shape index (κ1) is 20.5. The number of aromatic amines is 2. The van der Waals surface area contributed by atoms with Crippen molar-refractivity contribution < 1.29 is 0 Å². The molecule has 34 heavy (non-hydrogen) atoms. The fourth-order valence-corrected chi connectivity index (χ4v) is 4.41. The van der Waals surface area contributed by atoms with E-state index in [1.807, 2.05) is 49.5 Å². The van der Waals surface area contributed by atoms with E-state index in [1.165, 1.54) is 10.9 Å². The fourth-order valence-electron chi connectivity index (χ4n) is 4.24. The van der Waals surface area contributed by atoms with E-state index < -0.39 is 0 Å². The molecule has 0 saturated carbocycles. The molecule has 168 valence electrons. The monoisotopic (exact) mass is 467 g/mol. The Morgan fingerprint density at radius 3 is 2.82 bits per heavy atom. The molecule has 0 aliphatic rings. The molecule has 6 aromatic rings. The van der Waals surface area contributed by atoms with Crippen molar-refractivity contribution >= 4 is 61.8 Å². The van der Waals surface area contributed by atoms with Crippen LogP contribution < -0.4 is 10.2 Å². The number of hydrogen-bond donors (Lipinski definition) is 3. The Bertz CT molecular complexity index is 1640. The molecule has 0 spiro atoms. The van der Waals surface area contributed by atoms with Gasteiger partial charge in [0.2, 0.25) is 5.95 Å². The molecule has 0 amide bonds. The van der Waals surface area contributed by atoms with E-state index in [0.717, 1.165) is 46.0 Å². The number of fused-ring (bicyclic) bond motifs is 3. The molecule has 0 fully saturated rings. The maximum Gasteiger partial charge on any atom is 0.227 e. The first-order valence-electron chi connectivity index (χ1n) is 11.1. The van der Waals surface area contributed by atoms with E-state index >= 15 is 0 Å². The number of nitrogens with one attached hydrogen (secondary N) is 3. The van der Waals surface area contributed by atoms with Crippen molar-refractivity contribution in [3.8, 4) is 0 Å². The normalized spacial score (nSPS) is 11.5. The second kappa shape index (κ2) is 8.35. The average molecular weight is 468 g/mol. The molecule has 0 radical (unpaired) electrons. The van der Waals surface area contributed by atoms with Gasteiger partial charge in [0.25, 0.3) is 0 Å². The highest BCUT2D eigenvalue weighted by atomic mass is 35.5. The molecule has 8 heteroatoms. The number of benzene rings is 3. The summed E-state index contributed by atoms with van der Waals surface area (Å²) >= 11 is 6.30. The SMILES string of the molecule is CN(CCc1c[nH]c2ccccc12)c1nc(Nc2ccc3[nH]ncc3c2)c2cc(Cl)ccc2n1. The van der Waals surface area contributed by atoms with Crippen molar-refractivity contribution in [3.63, 3.8) is 0 Å². The van der Waals surface area contributed by atoms with Crippen LogP contribution in [0.3, 0.4) is 0 Å². The average Bonchev–Trinajstić information content (AvgIpc) is 3.49. The highest BCUT2D eigenvalue weighted by Crippen LogP contribution is 2.29. The van der Waals surface area contributed by atoms with Gasteiger partial charge in [-0.2, -0.15) is 10.1 Å². The van der Waals surface area contributed by atoms with Crippen LogP contribution in [0.1, 0.15) is 5.56 Å². The van der Waals surface area contributed by atoms with Gasteiger partial charge in [0.15, 0.2) is 0 Å². The highest BCUT2D eigenvalue weighted by Gasteiger charge is 2.13. The number of rotatable bonds is 6. The zero-order valence-corrected chi connectivity index (χ0v) is 19.3. The number of aromatic nitrogens is 5. The molecular formula is C26H22ClN7. The Labute approximate surface area is 200 Å². The van der Waals surface area contributed by atoms with E-state index in [9.17, 15) is 0 Å². The second-order valence-corrected chi connectivity index (χ2v) is 8.80. The molecule has 3 aromatic carbocycles. The van der Waals surface area contributed by atoms with Crippen LogP contribution in [0.25, 0.3) is 32.7 Å². The van der Waals surface area contributed by atoms with Crippen molar-refractivity contribution in [1.29, 1.82) is 0 Å². The standard InChI is InChI=1S/C26H22ClN7/c1-34(11-10-16-14-28-23-5-3-2-4-20(16)23)26-31-24-8-6-18(27)13-21(24)25(32-26)30-19-7-9-22-17(12-19)15-29-33-22/h2-9,12-15,28H,10-11H2,1H3,(H,29,33)(H,30,31,32). The number of para-hydroxylation sites is 1. The van der Waals surface area contributed by atoms with Crippen molar-refractivity contribution in [2.75, 3.05) is 23.8 Å². The van der Waals surface area contributed by atoms with Gasteiger partial charge in [-0.05, 0) is 54.4 Å². The molecule has 0 aliphatic heterocycles. The predicted molar refractivity (Wildman–Crippen MR) is 139 cm³/mol. The van der Waals surface area contributed by atoms with E-state index in [-0.39, 0.29) is 0 Å². The summed E-state index contributed by atoms with van der Waals surface area (Å²) in [6.07, 6.45) is 4.77. The minimum Gasteiger partial charge on any atom is -0.361 e. The molecular weight excluding hydrogens is 446 g/mol. The summed E-state index contributed by atoms with van der Waals surface area (Å²) in [6, 6.07) is 20.1. The van der Waals surface area contributed by atoms with Gasteiger partial charge < -0.3 is 15.2 Å². The summed E-state index contributed by atoms with van der Waals surface area (Å²) in [7, 11) is 2.02. The predicted octanol–water partition coefficient (Wildman–Crippen LogP) is 6.06. The third-order valence-corrected chi connectivity index (χ3v) is 6.32. The molecule has 0 atom stereocenters. The van der Waals surface area contributed by atoms with Crippen LogP contribution in [-0.4, -0.2) is 38.7 Å². The summed E-state index contributed by atoms with van der Waals surface area (Å²) in [6.45, 7) is 0.779. The van der Waals surface area contributed by atoms with Crippen LogP contribution in [0, 0.1) is 0 Å². The third-order valence-electron chi connectivity index (χ3n) is 6.08. The van der Waals surface area contributed by atoms with E-state index in [4.69, 9.17) is 21.6 Å². The van der Waals surface area contributed by atoms with Crippen LogP contribution in [0.4, 0.5) is 17.5 Å². The smallest absolute Gasteiger partial charge is 0.227 e. The zero-order chi connectivity index (χ0) is 23.1. The van der Waals surface area contributed by atoms with Crippen LogP contribution in [-0.2, 0) is 6.42 Å². The van der Waals surface area contributed by atoms with Gasteiger partial charge in [0, 0.05) is 52.2 Å². The Balaban J connectivity index is 1.32. The first-order valence-corrected chi connectivity index (χ1v) is 11.5. The molecule has 3 heterocycles. The van der Waals surface area contributed by atoms with Gasteiger partial charge in [0.05, 0.1) is 17.2 Å². The molecule has 7 nitrogen and oxygen atoms in total. The van der Waals surface area contributed by atoms with Gasteiger partial charge in [-0.1, -0.05) is 29.8 Å². The number of hydrogen-bond acceptors (Lipinski definition) is 5. The third kappa shape index (κ3) is 3.80. The minimum absolute atomic E-state index is 0.643. The molecule has 3 N–H and O–H groups in total. The molecule has 0 aliphatic carbocycles. The maximum absolute atomic E-state index is 6.30. The van der Waals surface area contributed by atoms with Crippen molar-refractivity contribution in [2.45, 2.75) is 6.42 Å². The summed E-state index contributed by atoms with van der Waals surface area (Å²) in [5.41, 5.74) is 5.17. The Kier molecular flexibility index (Phi) is 5.04. The number of anilines is 3. The zero-order valence-electron chi connectivity index (χ0n) is 18.5.